The van der Waals surface area contributed by atoms with E-state index >= 15 is 0 Å². The quantitative estimate of drug-likeness (QED) is 0.759. The van der Waals surface area contributed by atoms with Crippen molar-refractivity contribution in [3.8, 4) is 0 Å². The van der Waals surface area contributed by atoms with Crippen LogP contribution in [0.15, 0.2) is 18.6 Å². The number of carbonyl (C=O) groups excluding carboxylic acids is 1. The predicted molar refractivity (Wildman–Crippen MR) is 58.0 cm³/mol. The number of nitrogens with two attached hydrogens (primary N) is 1. The normalized spacial score (nSPS) is 10.9. The number of carbonyl (C=O) groups is 1. The summed E-state index contributed by atoms with van der Waals surface area (Å²) in [5.41, 5.74) is 6.82. The number of rotatable bonds is 2. The third-order valence-corrected chi connectivity index (χ3v) is 1.94. The number of aromatic nitrogens is 3. The van der Waals surface area contributed by atoms with E-state index in [1.165, 1.54) is 16.9 Å². The molecular weight excluding hydrogens is 208 g/mol. The van der Waals surface area contributed by atoms with E-state index < -0.39 is 5.97 Å². The lowest BCUT2D eigenvalue weighted by atomic mass is 10.3. The van der Waals surface area contributed by atoms with Crippen LogP contribution >= 0.6 is 0 Å². The number of hydrogen-bond donors (Lipinski definition) is 1. The van der Waals surface area contributed by atoms with Crippen LogP contribution in [0.2, 0.25) is 0 Å². The van der Waals surface area contributed by atoms with E-state index in [9.17, 15) is 4.79 Å². The van der Waals surface area contributed by atoms with Crippen LogP contribution in [0.5, 0.6) is 0 Å². The number of fused-ring (bicyclic) bond motifs is 1. The number of nitrogen functional groups attached to an aromatic ring is 1. The molecule has 0 aliphatic carbocycles. The molecule has 84 valence electrons. The lowest BCUT2D eigenvalue weighted by Crippen LogP contribution is -2.11. The first-order valence-electron chi connectivity index (χ1n) is 4.88. The molecular formula is C10H12N4O2. The molecule has 0 spiro atoms. The van der Waals surface area contributed by atoms with Gasteiger partial charge in [-0.25, -0.2) is 14.3 Å². The van der Waals surface area contributed by atoms with Crippen LogP contribution in [-0.4, -0.2) is 26.7 Å². The van der Waals surface area contributed by atoms with E-state index in [4.69, 9.17) is 10.5 Å². The van der Waals surface area contributed by atoms with Crippen molar-refractivity contribution in [1.82, 2.24) is 14.6 Å². The largest absolute Gasteiger partial charge is 0.459 e. The SMILES string of the molecule is CC(C)OC(=O)c1cnn2cc(N)cnc12. The molecule has 2 heterocycles. The highest BCUT2D eigenvalue weighted by atomic mass is 16.5. The van der Waals surface area contributed by atoms with Crippen molar-refractivity contribution in [1.29, 1.82) is 0 Å². The number of ether oxygens (including phenoxy) is 1. The molecule has 0 atom stereocenters. The summed E-state index contributed by atoms with van der Waals surface area (Å²) in [6.07, 6.45) is 4.32. The van der Waals surface area contributed by atoms with Gasteiger partial charge in [0.1, 0.15) is 5.56 Å². The molecule has 0 aromatic carbocycles. The number of esters is 1. The van der Waals surface area contributed by atoms with Gasteiger partial charge in [0.2, 0.25) is 0 Å². The number of anilines is 1. The Labute approximate surface area is 92.0 Å². The molecule has 2 rings (SSSR count). The summed E-state index contributed by atoms with van der Waals surface area (Å²) in [7, 11) is 0. The second kappa shape index (κ2) is 3.80. The van der Waals surface area contributed by atoms with Crippen LogP contribution in [0, 0.1) is 0 Å². The third kappa shape index (κ3) is 1.81. The van der Waals surface area contributed by atoms with Gasteiger partial charge in [0, 0.05) is 0 Å². The Balaban J connectivity index is 2.42. The van der Waals surface area contributed by atoms with Gasteiger partial charge in [-0.15, -0.1) is 0 Å². The van der Waals surface area contributed by atoms with Crippen LogP contribution < -0.4 is 5.73 Å². The average molecular weight is 220 g/mol. The van der Waals surface area contributed by atoms with E-state index in [1.54, 1.807) is 20.0 Å². The fourth-order valence-electron chi connectivity index (χ4n) is 1.31. The Morgan fingerprint density at radius 2 is 2.25 bits per heavy atom. The lowest BCUT2D eigenvalue weighted by molar-refractivity contribution is 0.0380. The number of nitrogens with zero attached hydrogens (tertiary/aromatic N) is 3. The highest BCUT2D eigenvalue weighted by Crippen LogP contribution is 2.11. The minimum atomic E-state index is -0.428. The van der Waals surface area contributed by atoms with Crippen molar-refractivity contribution in [3.05, 3.63) is 24.2 Å². The third-order valence-electron chi connectivity index (χ3n) is 1.94. The van der Waals surface area contributed by atoms with Gasteiger partial charge >= 0.3 is 5.97 Å². The fourth-order valence-corrected chi connectivity index (χ4v) is 1.31. The van der Waals surface area contributed by atoms with Gasteiger partial charge in [-0.05, 0) is 13.8 Å². The zero-order valence-electron chi connectivity index (χ0n) is 9.04. The molecule has 2 aromatic rings. The molecule has 0 saturated carbocycles. The maximum absolute atomic E-state index is 11.7. The highest BCUT2D eigenvalue weighted by molar-refractivity contribution is 5.95. The van der Waals surface area contributed by atoms with E-state index in [0.717, 1.165) is 0 Å². The summed E-state index contributed by atoms with van der Waals surface area (Å²) >= 11 is 0. The van der Waals surface area contributed by atoms with E-state index in [0.29, 0.717) is 16.9 Å². The summed E-state index contributed by atoms with van der Waals surface area (Å²) in [6.45, 7) is 3.57. The summed E-state index contributed by atoms with van der Waals surface area (Å²) < 4.78 is 6.52. The first-order valence-corrected chi connectivity index (χ1v) is 4.88. The minimum absolute atomic E-state index is 0.170. The van der Waals surface area contributed by atoms with Crippen LogP contribution in [0.3, 0.4) is 0 Å². The summed E-state index contributed by atoms with van der Waals surface area (Å²) in [6, 6.07) is 0. The van der Waals surface area contributed by atoms with Crippen LogP contribution in [0.25, 0.3) is 5.65 Å². The summed E-state index contributed by atoms with van der Waals surface area (Å²) in [5, 5.41) is 3.98. The highest BCUT2D eigenvalue weighted by Gasteiger charge is 2.16. The molecule has 16 heavy (non-hydrogen) atoms. The molecule has 2 aromatic heterocycles. The van der Waals surface area contributed by atoms with E-state index in [1.807, 2.05) is 0 Å². The van der Waals surface area contributed by atoms with Crippen molar-refractivity contribution >= 4 is 17.3 Å². The Morgan fingerprint density at radius 1 is 1.50 bits per heavy atom. The molecule has 0 saturated heterocycles. The summed E-state index contributed by atoms with van der Waals surface area (Å²) in [5.74, 6) is -0.428. The minimum Gasteiger partial charge on any atom is -0.459 e. The van der Waals surface area contributed by atoms with Crippen molar-refractivity contribution in [2.24, 2.45) is 0 Å². The fraction of sp³-hybridized carbons (Fsp3) is 0.300. The number of hydrogen-bond acceptors (Lipinski definition) is 5. The Morgan fingerprint density at radius 3 is 2.94 bits per heavy atom. The maximum atomic E-state index is 11.7. The second-order valence-corrected chi connectivity index (χ2v) is 3.67. The molecule has 0 bridgehead atoms. The van der Waals surface area contributed by atoms with Crippen molar-refractivity contribution in [2.45, 2.75) is 20.0 Å². The zero-order valence-corrected chi connectivity index (χ0v) is 9.04. The summed E-state index contributed by atoms with van der Waals surface area (Å²) in [4.78, 5) is 15.7. The molecule has 0 radical (unpaired) electrons. The van der Waals surface area contributed by atoms with E-state index in [2.05, 4.69) is 10.1 Å². The molecule has 0 amide bonds. The zero-order chi connectivity index (χ0) is 11.7. The van der Waals surface area contributed by atoms with Crippen LogP contribution in [0.1, 0.15) is 24.2 Å². The Bertz CT molecular complexity index is 533. The average Bonchev–Trinajstić information content (AvgIpc) is 2.59. The molecule has 0 unspecified atom stereocenters. The molecule has 6 nitrogen and oxygen atoms in total. The first kappa shape index (κ1) is 10.4. The van der Waals surface area contributed by atoms with Gasteiger partial charge in [-0.3, -0.25) is 0 Å². The van der Waals surface area contributed by atoms with Crippen molar-refractivity contribution in [2.75, 3.05) is 5.73 Å². The second-order valence-electron chi connectivity index (χ2n) is 3.67. The Hall–Kier alpha value is -2.11. The van der Waals surface area contributed by atoms with Crippen LogP contribution in [0.4, 0.5) is 5.69 Å². The molecule has 0 aliphatic rings. The Kier molecular flexibility index (Phi) is 2.47. The van der Waals surface area contributed by atoms with Gasteiger partial charge < -0.3 is 10.5 Å². The maximum Gasteiger partial charge on any atom is 0.343 e. The van der Waals surface area contributed by atoms with Crippen molar-refractivity contribution in [3.63, 3.8) is 0 Å². The molecule has 0 fully saturated rings. The lowest BCUT2D eigenvalue weighted by Gasteiger charge is -2.05. The predicted octanol–water partition coefficient (Wildman–Crippen LogP) is 0.877. The van der Waals surface area contributed by atoms with Crippen molar-refractivity contribution < 1.29 is 9.53 Å². The smallest absolute Gasteiger partial charge is 0.343 e. The molecule has 6 heteroatoms. The molecule has 0 aliphatic heterocycles. The van der Waals surface area contributed by atoms with Gasteiger partial charge in [-0.2, -0.15) is 5.10 Å². The van der Waals surface area contributed by atoms with Gasteiger partial charge in [0.15, 0.2) is 5.65 Å². The van der Waals surface area contributed by atoms with Gasteiger partial charge in [-0.1, -0.05) is 0 Å². The monoisotopic (exact) mass is 220 g/mol. The van der Waals surface area contributed by atoms with Crippen LogP contribution in [-0.2, 0) is 4.74 Å². The van der Waals surface area contributed by atoms with E-state index in [-0.39, 0.29) is 6.10 Å². The van der Waals surface area contributed by atoms with Gasteiger partial charge in [0.05, 0.1) is 30.4 Å². The standard InChI is InChI=1S/C10H12N4O2/c1-6(2)16-10(15)8-4-13-14-5-7(11)3-12-9(8)14/h3-6H,11H2,1-2H3. The first-order chi connectivity index (χ1) is 7.58. The molecule has 2 N–H and O–H groups in total. The topological polar surface area (TPSA) is 82.5 Å². The van der Waals surface area contributed by atoms with Gasteiger partial charge in [0.25, 0.3) is 0 Å².